The van der Waals surface area contributed by atoms with E-state index < -0.39 is 0 Å². The van der Waals surface area contributed by atoms with Crippen LogP contribution in [0.2, 0.25) is 5.02 Å². The maximum absolute atomic E-state index is 12.3. The zero-order valence-electron chi connectivity index (χ0n) is 15.8. The summed E-state index contributed by atoms with van der Waals surface area (Å²) in [6.07, 6.45) is 3.46. The fraction of sp³-hybridized carbons (Fsp3) is 0.316. The first-order chi connectivity index (χ1) is 12.8. The minimum atomic E-state index is -0.241. The summed E-state index contributed by atoms with van der Waals surface area (Å²) in [7, 11) is 1.87. The molecule has 142 valence electrons. The van der Waals surface area contributed by atoms with E-state index in [1.54, 1.807) is 27.8 Å². The summed E-state index contributed by atoms with van der Waals surface area (Å²) in [6.45, 7) is 6.44. The molecule has 0 aliphatic heterocycles. The van der Waals surface area contributed by atoms with E-state index in [4.69, 9.17) is 16.3 Å². The average Bonchev–Trinajstić information content (AvgIpc) is 3.24. The Morgan fingerprint density at radius 1 is 1.26 bits per heavy atom. The van der Waals surface area contributed by atoms with Crippen molar-refractivity contribution in [2.45, 2.75) is 34.0 Å². The van der Waals surface area contributed by atoms with Gasteiger partial charge in [-0.05, 0) is 50.1 Å². The van der Waals surface area contributed by atoms with Crippen molar-refractivity contribution >= 4 is 17.5 Å². The van der Waals surface area contributed by atoms with Crippen LogP contribution in [-0.2, 0) is 20.3 Å². The molecule has 0 saturated carbocycles. The van der Waals surface area contributed by atoms with Gasteiger partial charge in [-0.2, -0.15) is 10.2 Å². The van der Waals surface area contributed by atoms with E-state index in [1.165, 1.54) is 0 Å². The minimum Gasteiger partial charge on any atom is -0.471 e. The van der Waals surface area contributed by atoms with Crippen LogP contribution in [0.15, 0.2) is 30.6 Å². The predicted octanol–water partition coefficient (Wildman–Crippen LogP) is 3.16. The largest absolute Gasteiger partial charge is 0.471 e. The molecule has 7 nitrogen and oxygen atoms in total. The number of nitrogens with one attached hydrogen (secondary N) is 1. The number of carbonyl (C=O) groups is 1. The van der Waals surface area contributed by atoms with Gasteiger partial charge in [-0.15, -0.1) is 0 Å². The number of benzene rings is 1. The smallest absolute Gasteiger partial charge is 0.272 e. The van der Waals surface area contributed by atoms with E-state index in [0.29, 0.717) is 18.0 Å². The predicted molar refractivity (Wildman–Crippen MR) is 103 cm³/mol. The maximum Gasteiger partial charge on any atom is 0.272 e. The van der Waals surface area contributed by atoms with Gasteiger partial charge < -0.3 is 10.1 Å². The Labute approximate surface area is 162 Å². The summed E-state index contributed by atoms with van der Waals surface area (Å²) in [5.41, 5.74) is 4.24. The molecular weight excluding hydrogens is 366 g/mol. The zero-order valence-corrected chi connectivity index (χ0v) is 16.5. The van der Waals surface area contributed by atoms with Crippen molar-refractivity contribution in [1.82, 2.24) is 24.9 Å². The number of carbonyl (C=O) groups excluding carboxylic acids is 1. The lowest BCUT2D eigenvalue weighted by molar-refractivity contribution is 0.0944. The van der Waals surface area contributed by atoms with E-state index in [0.717, 1.165) is 27.4 Å². The molecule has 27 heavy (non-hydrogen) atoms. The van der Waals surface area contributed by atoms with Crippen LogP contribution in [0.5, 0.6) is 5.75 Å². The molecule has 0 aliphatic rings. The number of halogens is 1. The summed E-state index contributed by atoms with van der Waals surface area (Å²) in [6, 6.07) is 5.42. The van der Waals surface area contributed by atoms with E-state index in [9.17, 15) is 4.79 Å². The van der Waals surface area contributed by atoms with Crippen LogP contribution in [-0.4, -0.2) is 25.5 Å². The number of aromatic nitrogens is 4. The zero-order chi connectivity index (χ0) is 19.6. The van der Waals surface area contributed by atoms with Crippen molar-refractivity contribution < 1.29 is 9.53 Å². The third-order valence-electron chi connectivity index (χ3n) is 4.42. The summed E-state index contributed by atoms with van der Waals surface area (Å²) in [5, 5.41) is 12.0. The van der Waals surface area contributed by atoms with Crippen LogP contribution in [0.3, 0.4) is 0 Å². The molecule has 0 radical (unpaired) electrons. The van der Waals surface area contributed by atoms with Crippen LogP contribution in [0.25, 0.3) is 0 Å². The molecule has 0 saturated heterocycles. The van der Waals surface area contributed by atoms with Gasteiger partial charge in [0.25, 0.3) is 5.91 Å². The summed E-state index contributed by atoms with van der Waals surface area (Å²) in [4.78, 5) is 12.3. The molecule has 0 unspecified atom stereocenters. The number of amides is 1. The van der Waals surface area contributed by atoms with Gasteiger partial charge in [-0.1, -0.05) is 11.6 Å². The molecule has 3 rings (SSSR count). The van der Waals surface area contributed by atoms with Gasteiger partial charge in [0, 0.05) is 36.1 Å². The second-order valence-electron chi connectivity index (χ2n) is 6.45. The van der Waals surface area contributed by atoms with Crippen LogP contribution in [0.1, 0.15) is 32.9 Å². The Balaban J connectivity index is 1.58. The van der Waals surface area contributed by atoms with Crippen molar-refractivity contribution in [3.63, 3.8) is 0 Å². The van der Waals surface area contributed by atoms with E-state index in [1.807, 2.05) is 40.0 Å². The third kappa shape index (κ3) is 4.31. The van der Waals surface area contributed by atoms with Crippen LogP contribution >= 0.6 is 11.6 Å². The highest BCUT2D eigenvalue weighted by Crippen LogP contribution is 2.26. The molecular formula is C19H22ClN5O2. The second kappa shape index (κ2) is 7.84. The molecule has 2 heterocycles. The van der Waals surface area contributed by atoms with Gasteiger partial charge >= 0.3 is 0 Å². The Kier molecular flexibility index (Phi) is 5.51. The first-order valence-electron chi connectivity index (χ1n) is 8.54. The van der Waals surface area contributed by atoms with Crippen LogP contribution in [0.4, 0.5) is 0 Å². The van der Waals surface area contributed by atoms with Crippen molar-refractivity contribution in [1.29, 1.82) is 0 Å². The van der Waals surface area contributed by atoms with Crippen LogP contribution < -0.4 is 10.1 Å². The molecule has 0 bridgehead atoms. The summed E-state index contributed by atoms with van der Waals surface area (Å²) >= 11 is 6.17. The highest BCUT2D eigenvalue weighted by Gasteiger charge is 2.11. The van der Waals surface area contributed by atoms with Gasteiger partial charge in [-0.25, -0.2) is 4.68 Å². The lowest BCUT2D eigenvalue weighted by Crippen LogP contribution is -2.24. The normalized spacial score (nSPS) is 10.9. The SMILES string of the molecule is Cc1cc(OCn2ccc(C(=O)NCc3cnn(C)c3C)n2)cc(C)c1Cl. The number of rotatable bonds is 6. The number of hydrogen-bond acceptors (Lipinski definition) is 4. The molecule has 3 aromatic rings. The fourth-order valence-corrected chi connectivity index (χ4v) is 2.78. The third-order valence-corrected chi connectivity index (χ3v) is 5.02. The molecule has 0 spiro atoms. The maximum atomic E-state index is 12.3. The molecule has 2 aromatic heterocycles. The standard InChI is InChI=1S/C19H22ClN5O2/c1-12-7-16(8-13(2)18(12)20)27-11-25-6-5-17(23-25)19(26)21-9-15-10-22-24(4)14(15)3/h5-8,10H,9,11H2,1-4H3,(H,21,26). The second-order valence-corrected chi connectivity index (χ2v) is 6.82. The fourth-order valence-electron chi connectivity index (χ4n) is 2.67. The molecule has 0 fully saturated rings. The van der Waals surface area contributed by atoms with Crippen molar-refractivity contribution in [2.24, 2.45) is 7.05 Å². The first kappa shape index (κ1) is 19.0. The van der Waals surface area contributed by atoms with Crippen molar-refractivity contribution in [3.05, 3.63) is 63.7 Å². The molecule has 1 aromatic carbocycles. The molecule has 1 amide bonds. The van der Waals surface area contributed by atoms with E-state index in [2.05, 4.69) is 15.5 Å². The average molecular weight is 388 g/mol. The van der Waals surface area contributed by atoms with Gasteiger partial charge in [0.05, 0.1) is 6.20 Å². The molecule has 8 heteroatoms. The Bertz CT molecular complexity index is 953. The Hall–Kier alpha value is -2.80. The minimum absolute atomic E-state index is 0.204. The van der Waals surface area contributed by atoms with Gasteiger partial charge in [-0.3, -0.25) is 9.48 Å². The van der Waals surface area contributed by atoms with Crippen LogP contribution in [0, 0.1) is 20.8 Å². The van der Waals surface area contributed by atoms with E-state index >= 15 is 0 Å². The summed E-state index contributed by atoms with van der Waals surface area (Å²) in [5.74, 6) is 0.470. The number of hydrogen-bond donors (Lipinski definition) is 1. The quantitative estimate of drug-likeness (QED) is 0.705. The summed E-state index contributed by atoms with van der Waals surface area (Å²) < 4.78 is 9.09. The highest BCUT2D eigenvalue weighted by atomic mass is 35.5. The molecule has 0 aliphatic carbocycles. The Morgan fingerprint density at radius 2 is 1.96 bits per heavy atom. The van der Waals surface area contributed by atoms with Gasteiger partial charge in [0.15, 0.2) is 6.73 Å². The number of ether oxygens (including phenoxy) is 1. The van der Waals surface area contributed by atoms with Crippen molar-refractivity contribution in [2.75, 3.05) is 0 Å². The first-order valence-corrected chi connectivity index (χ1v) is 8.91. The number of nitrogens with zero attached hydrogens (tertiary/aromatic N) is 4. The van der Waals surface area contributed by atoms with Gasteiger partial charge in [0.1, 0.15) is 11.4 Å². The Morgan fingerprint density at radius 3 is 2.59 bits per heavy atom. The lowest BCUT2D eigenvalue weighted by Gasteiger charge is -2.10. The number of aryl methyl sites for hydroxylation is 3. The molecule has 1 N–H and O–H groups in total. The lowest BCUT2D eigenvalue weighted by atomic mass is 10.1. The van der Waals surface area contributed by atoms with E-state index in [-0.39, 0.29) is 12.6 Å². The topological polar surface area (TPSA) is 74.0 Å². The highest BCUT2D eigenvalue weighted by molar-refractivity contribution is 6.32. The monoisotopic (exact) mass is 387 g/mol. The van der Waals surface area contributed by atoms with Crippen molar-refractivity contribution in [3.8, 4) is 5.75 Å². The molecule has 0 atom stereocenters. The van der Waals surface area contributed by atoms with Gasteiger partial charge in [0.2, 0.25) is 0 Å².